The van der Waals surface area contributed by atoms with E-state index >= 15 is 0 Å². The molecule has 0 radical (unpaired) electrons. The van der Waals surface area contributed by atoms with Crippen LogP contribution in [0.4, 0.5) is 0 Å². The molecule has 4 heteroatoms. The van der Waals surface area contributed by atoms with E-state index in [9.17, 15) is 4.79 Å². The molecule has 0 heterocycles. The summed E-state index contributed by atoms with van der Waals surface area (Å²) in [5.74, 6) is 0.00246. The lowest BCUT2D eigenvalue weighted by molar-refractivity contribution is -0.138. The van der Waals surface area contributed by atoms with Crippen molar-refractivity contribution in [1.29, 1.82) is 0 Å². The van der Waals surface area contributed by atoms with Crippen molar-refractivity contribution in [2.45, 2.75) is 38.0 Å². The highest BCUT2D eigenvalue weighted by Crippen LogP contribution is 2.17. The first-order valence-corrected chi connectivity index (χ1v) is 6.16. The number of carbonyl (C=O) groups is 1. The van der Waals surface area contributed by atoms with E-state index in [1.165, 1.54) is 0 Å². The van der Waals surface area contributed by atoms with Crippen LogP contribution < -0.4 is 5.73 Å². The molecule has 13 heavy (non-hydrogen) atoms. The zero-order chi connectivity index (χ0) is 10.6. The van der Waals surface area contributed by atoms with Crippen LogP contribution in [0.2, 0.25) is 0 Å². The van der Waals surface area contributed by atoms with E-state index in [2.05, 4.69) is 27.0 Å². The number of nitrogens with two attached hydrogens (primary N) is 1. The van der Waals surface area contributed by atoms with Gasteiger partial charge in [-0.2, -0.15) is 0 Å². The Bertz CT molecular complexity index is 177. The summed E-state index contributed by atoms with van der Waals surface area (Å²) in [5.41, 5.74) is 5.41. The van der Waals surface area contributed by atoms with Gasteiger partial charge in [-0.15, -0.1) is 0 Å². The summed E-state index contributed by atoms with van der Waals surface area (Å²) in [4.78, 5) is 10.4. The monoisotopic (exact) mass is 206 g/mol. The first kappa shape index (κ1) is 12.8. The lowest BCUT2D eigenvalue weighted by Gasteiger charge is -2.18. The lowest BCUT2D eigenvalue weighted by Crippen LogP contribution is -2.36. The maximum Gasteiger partial charge on any atom is 0.320 e. The van der Waals surface area contributed by atoms with Crippen molar-refractivity contribution in [2.24, 2.45) is 5.73 Å². The molecular formula is C9H20NO2S+. The molecule has 2 atom stereocenters. The minimum atomic E-state index is -0.897. The van der Waals surface area contributed by atoms with E-state index in [0.717, 1.165) is 5.75 Å². The van der Waals surface area contributed by atoms with E-state index in [0.29, 0.717) is 6.42 Å². The number of carboxylic acid groups (broad SMARTS) is 1. The van der Waals surface area contributed by atoms with Gasteiger partial charge in [-0.1, -0.05) is 0 Å². The Morgan fingerprint density at radius 3 is 2.31 bits per heavy atom. The summed E-state index contributed by atoms with van der Waals surface area (Å²) in [7, 11) is 0.232. The predicted octanol–water partition coefficient (Wildman–Crippen LogP) is 0.835. The van der Waals surface area contributed by atoms with Gasteiger partial charge < -0.3 is 10.8 Å². The number of aliphatic carboxylic acids is 1. The molecule has 3 nitrogen and oxygen atoms in total. The standard InChI is InChI=1S/C9H19NO2S/c1-9(2,3)13(4)6-5-7(10)8(11)12/h7H,5-6,10H2,1-4H3/p+1/t7-,13?/m0/s1. The Morgan fingerprint density at radius 1 is 1.54 bits per heavy atom. The molecule has 0 saturated heterocycles. The van der Waals surface area contributed by atoms with Crippen LogP contribution in [0.25, 0.3) is 0 Å². The van der Waals surface area contributed by atoms with Crippen molar-refractivity contribution in [3.63, 3.8) is 0 Å². The Kier molecular flexibility index (Phi) is 4.78. The summed E-state index contributed by atoms with van der Waals surface area (Å²) >= 11 is 0. The van der Waals surface area contributed by atoms with Gasteiger partial charge in [0.2, 0.25) is 0 Å². The molecular weight excluding hydrogens is 186 g/mol. The molecule has 3 N–H and O–H groups in total. The molecule has 1 unspecified atom stereocenters. The summed E-state index contributed by atoms with van der Waals surface area (Å²) in [6.45, 7) is 6.51. The molecule has 0 aliphatic heterocycles. The van der Waals surface area contributed by atoms with Gasteiger partial charge in [0.15, 0.2) is 0 Å². The average molecular weight is 206 g/mol. The van der Waals surface area contributed by atoms with E-state index in [1.54, 1.807) is 0 Å². The summed E-state index contributed by atoms with van der Waals surface area (Å²) in [6, 6.07) is -0.697. The van der Waals surface area contributed by atoms with Gasteiger partial charge in [0.25, 0.3) is 0 Å². The third-order valence-electron chi connectivity index (χ3n) is 2.10. The number of hydrogen-bond acceptors (Lipinski definition) is 2. The van der Waals surface area contributed by atoms with Gasteiger partial charge in [0.05, 0.1) is 6.26 Å². The fraction of sp³-hybridized carbons (Fsp3) is 0.889. The van der Waals surface area contributed by atoms with Crippen LogP contribution in [0.1, 0.15) is 27.2 Å². The fourth-order valence-electron chi connectivity index (χ4n) is 0.733. The number of rotatable bonds is 4. The van der Waals surface area contributed by atoms with Crippen molar-refractivity contribution in [1.82, 2.24) is 0 Å². The third kappa shape index (κ3) is 5.16. The van der Waals surface area contributed by atoms with E-state index in [4.69, 9.17) is 10.8 Å². The molecule has 0 rings (SSSR count). The van der Waals surface area contributed by atoms with E-state index < -0.39 is 12.0 Å². The smallest absolute Gasteiger partial charge is 0.320 e. The maximum atomic E-state index is 10.4. The minimum absolute atomic E-state index is 0.232. The van der Waals surface area contributed by atoms with Crippen LogP contribution in [0.15, 0.2) is 0 Å². The second kappa shape index (κ2) is 4.86. The largest absolute Gasteiger partial charge is 0.480 e. The van der Waals surface area contributed by atoms with Crippen LogP contribution in [-0.4, -0.2) is 33.9 Å². The highest BCUT2D eigenvalue weighted by atomic mass is 32.2. The SMILES string of the molecule is C[S+](CC[C@H](N)C(=O)O)C(C)(C)C. The van der Waals surface area contributed by atoms with Crippen molar-refractivity contribution in [3.8, 4) is 0 Å². The Hall–Kier alpha value is -0.220. The number of carboxylic acids is 1. The third-order valence-corrected chi connectivity index (χ3v) is 5.04. The molecule has 78 valence electrons. The Morgan fingerprint density at radius 2 is 2.00 bits per heavy atom. The zero-order valence-electron chi connectivity index (χ0n) is 8.83. The maximum absolute atomic E-state index is 10.4. The number of hydrogen-bond donors (Lipinski definition) is 2. The molecule has 0 aliphatic carbocycles. The highest BCUT2D eigenvalue weighted by Gasteiger charge is 2.30. The van der Waals surface area contributed by atoms with Gasteiger partial charge >= 0.3 is 5.97 Å². The molecule has 0 aromatic carbocycles. The molecule has 0 amide bonds. The van der Waals surface area contributed by atoms with Gasteiger partial charge in [-0.05, 0) is 31.7 Å². The average Bonchev–Trinajstić information content (AvgIpc) is 1.97. The van der Waals surface area contributed by atoms with Crippen LogP contribution in [0, 0.1) is 0 Å². The minimum Gasteiger partial charge on any atom is -0.480 e. The topological polar surface area (TPSA) is 63.3 Å². The normalized spacial score (nSPS) is 16.7. The van der Waals surface area contributed by atoms with Gasteiger partial charge in [0, 0.05) is 6.42 Å². The summed E-state index contributed by atoms with van der Waals surface area (Å²) in [6.07, 6.45) is 2.74. The van der Waals surface area contributed by atoms with Crippen molar-refractivity contribution >= 4 is 16.9 Å². The predicted molar refractivity (Wildman–Crippen MR) is 58.1 cm³/mol. The van der Waals surface area contributed by atoms with Crippen molar-refractivity contribution < 1.29 is 9.90 Å². The van der Waals surface area contributed by atoms with Crippen molar-refractivity contribution in [3.05, 3.63) is 0 Å². The first-order chi connectivity index (χ1) is 5.75. The molecule has 0 spiro atoms. The van der Waals surface area contributed by atoms with Crippen molar-refractivity contribution in [2.75, 3.05) is 12.0 Å². The van der Waals surface area contributed by atoms with Crippen LogP contribution >= 0.6 is 0 Å². The van der Waals surface area contributed by atoms with Gasteiger partial charge in [-0.3, -0.25) is 4.79 Å². The Balaban J connectivity index is 3.83. The zero-order valence-corrected chi connectivity index (χ0v) is 9.65. The molecule has 0 fully saturated rings. The second-order valence-electron chi connectivity index (χ2n) is 4.19. The molecule has 0 aliphatic rings. The Labute approximate surface area is 83.0 Å². The van der Waals surface area contributed by atoms with Crippen LogP contribution in [0.5, 0.6) is 0 Å². The first-order valence-electron chi connectivity index (χ1n) is 4.36. The van der Waals surface area contributed by atoms with E-state index in [1.807, 2.05) is 0 Å². The fourth-order valence-corrected chi connectivity index (χ4v) is 1.95. The molecule has 0 aromatic heterocycles. The van der Waals surface area contributed by atoms with Crippen LogP contribution in [-0.2, 0) is 15.7 Å². The molecule has 0 aromatic rings. The van der Waals surface area contributed by atoms with Crippen LogP contribution in [0.3, 0.4) is 0 Å². The van der Waals surface area contributed by atoms with Gasteiger partial charge in [0.1, 0.15) is 16.5 Å². The quantitative estimate of drug-likeness (QED) is 0.670. The summed E-state index contributed by atoms with van der Waals surface area (Å²) < 4.78 is 0.262. The second-order valence-corrected chi connectivity index (χ2v) is 7.09. The van der Waals surface area contributed by atoms with E-state index in [-0.39, 0.29) is 15.6 Å². The lowest BCUT2D eigenvalue weighted by atomic mass is 10.2. The molecule has 0 bridgehead atoms. The highest BCUT2D eigenvalue weighted by molar-refractivity contribution is 7.97. The molecule has 0 saturated carbocycles. The summed E-state index contributed by atoms with van der Waals surface area (Å²) in [5, 5.41) is 8.58. The van der Waals surface area contributed by atoms with Gasteiger partial charge in [-0.25, -0.2) is 0 Å².